The first-order chi connectivity index (χ1) is 13.0. The largest absolute Gasteiger partial charge is 0.488 e. The smallest absolute Gasteiger partial charge is 0.341 e. The molecule has 0 atom stereocenters. The Morgan fingerprint density at radius 1 is 1.07 bits per heavy atom. The second-order valence-electron chi connectivity index (χ2n) is 5.67. The Balaban J connectivity index is 2.11. The van der Waals surface area contributed by atoms with Gasteiger partial charge in [0, 0.05) is 17.5 Å². The summed E-state index contributed by atoms with van der Waals surface area (Å²) in [6.45, 7) is 1.94. The molecular formula is C20H21ClO6. The number of carbonyl (C=O) groups excluding carboxylic acids is 1. The van der Waals surface area contributed by atoms with Crippen molar-refractivity contribution in [3.8, 4) is 11.5 Å². The first-order valence-corrected chi connectivity index (χ1v) is 8.86. The van der Waals surface area contributed by atoms with Gasteiger partial charge in [-0.15, -0.1) is 0 Å². The van der Waals surface area contributed by atoms with E-state index in [2.05, 4.69) is 0 Å². The van der Waals surface area contributed by atoms with Gasteiger partial charge in [0.2, 0.25) is 0 Å². The third kappa shape index (κ3) is 7.19. The van der Waals surface area contributed by atoms with Gasteiger partial charge in [0.25, 0.3) is 0 Å². The van der Waals surface area contributed by atoms with Crippen LogP contribution in [0.3, 0.4) is 0 Å². The summed E-state index contributed by atoms with van der Waals surface area (Å²) in [4.78, 5) is 22.3. The number of carbonyl (C=O) groups is 2. The Hall–Kier alpha value is -2.73. The van der Waals surface area contributed by atoms with Gasteiger partial charge in [-0.2, -0.15) is 0 Å². The number of carboxylic acids is 1. The van der Waals surface area contributed by atoms with Gasteiger partial charge >= 0.3 is 11.9 Å². The van der Waals surface area contributed by atoms with Crippen molar-refractivity contribution in [2.45, 2.75) is 26.4 Å². The van der Waals surface area contributed by atoms with E-state index in [9.17, 15) is 9.59 Å². The number of aliphatic carboxylic acids is 1. The quantitative estimate of drug-likeness (QED) is 0.618. The van der Waals surface area contributed by atoms with Crippen LogP contribution in [0.15, 0.2) is 42.5 Å². The fourth-order valence-corrected chi connectivity index (χ4v) is 2.45. The van der Waals surface area contributed by atoms with Crippen LogP contribution >= 0.6 is 11.6 Å². The van der Waals surface area contributed by atoms with Gasteiger partial charge in [-0.05, 0) is 42.7 Å². The Kier molecular flexibility index (Phi) is 7.95. The maximum atomic E-state index is 11.6. The number of carboxylic acid groups (broad SMARTS) is 1. The SMILES string of the molecule is CCOC(=O)CCc1ccc(OCC(=O)O)cc1OCc1ccc(Cl)cc1. The van der Waals surface area contributed by atoms with Crippen LogP contribution in [0, 0.1) is 0 Å². The van der Waals surface area contributed by atoms with Gasteiger partial charge < -0.3 is 19.3 Å². The van der Waals surface area contributed by atoms with Gasteiger partial charge in [-0.3, -0.25) is 4.79 Å². The van der Waals surface area contributed by atoms with Crippen LogP contribution in [-0.2, 0) is 27.4 Å². The highest BCUT2D eigenvalue weighted by atomic mass is 35.5. The minimum Gasteiger partial charge on any atom is -0.488 e. The second kappa shape index (κ2) is 10.4. The van der Waals surface area contributed by atoms with E-state index < -0.39 is 12.6 Å². The van der Waals surface area contributed by atoms with E-state index in [-0.39, 0.29) is 12.4 Å². The molecule has 0 spiro atoms. The summed E-state index contributed by atoms with van der Waals surface area (Å²) in [7, 11) is 0. The number of hydrogen-bond donors (Lipinski definition) is 1. The number of esters is 1. The summed E-state index contributed by atoms with van der Waals surface area (Å²) in [5.41, 5.74) is 1.73. The number of ether oxygens (including phenoxy) is 3. The maximum Gasteiger partial charge on any atom is 0.341 e. The molecule has 0 amide bonds. The van der Waals surface area contributed by atoms with Crippen LogP contribution in [0.5, 0.6) is 11.5 Å². The van der Waals surface area contributed by atoms with Gasteiger partial charge in [-0.1, -0.05) is 29.8 Å². The fraction of sp³-hybridized carbons (Fsp3) is 0.300. The van der Waals surface area contributed by atoms with Crippen molar-refractivity contribution < 1.29 is 28.9 Å². The lowest BCUT2D eigenvalue weighted by Crippen LogP contribution is -2.10. The first kappa shape index (κ1) is 20.6. The molecule has 2 aromatic rings. The molecule has 2 rings (SSSR count). The summed E-state index contributed by atoms with van der Waals surface area (Å²) >= 11 is 5.88. The Labute approximate surface area is 162 Å². The Morgan fingerprint density at radius 3 is 2.48 bits per heavy atom. The molecule has 0 fully saturated rings. The van der Waals surface area contributed by atoms with Crippen molar-refractivity contribution in [2.75, 3.05) is 13.2 Å². The topological polar surface area (TPSA) is 82.1 Å². The number of aryl methyl sites for hydroxylation is 1. The normalized spacial score (nSPS) is 10.3. The molecule has 27 heavy (non-hydrogen) atoms. The highest BCUT2D eigenvalue weighted by molar-refractivity contribution is 6.30. The lowest BCUT2D eigenvalue weighted by atomic mass is 10.1. The molecule has 0 aliphatic rings. The molecule has 0 aliphatic carbocycles. The standard InChI is InChI=1S/C20H21ClO6/c1-2-25-20(24)10-6-15-5-9-17(26-13-19(22)23)11-18(15)27-12-14-3-7-16(21)8-4-14/h3-5,7-9,11H,2,6,10,12-13H2,1H3,(H,22,23). The van der Waals surface area contributed by atoms with E-state index in [1.807, 2.05) is 12.1 Å². The number of halogens is 1. The van der Waals surface area contributed by atoms with Crippen LogP contribution in [0.2, 0.25) is 5.02 Å². The summed E-state index contributed by atoms with van der Waals surface area (Å²) in [6.07, 6.45) is 0.661. The first-order valence-electron chi connectivity index (χ1n) is 8.48. The number of hydrogen-bond acceptors (Lipinski definition) is 5. The van der Waals surface area contributed by atoms with Crippen LogP contribution in [0.25, 0.3) is 0 Å². The van der Waals surface area contributed by atoms with E-state index in [4.69, 9.17) is 30.9 Å². The fourth-order valence-electron chi connectivity index (χ4n) is 2.32. The van der Waals surface area contributed by atoms with Crippen molar-refractivity contribution in [1.29, 1.82) is 0 Å². The average Bonchev–Trinajstić information content (AvgIpc) is 2.65. The van der Waals surface area contributed by atoms with Crippen molar-refractivity contribution in [2.24, 2.45) is 0 Å². The Morgan fingerprint density at radius 2 is 1.81 bits per heavy atom. The molecule has 0 saturated heterocycles. The lowest BCUT2D eigenvalue weighted by Gasteiger charge is -2.14. The highest BCUT2D eigenvalue weighted by Crippen LogP contribution is 2.27. The maximum absolute atomic E-state index is 11.6. The minimum absolute atomic E-state index is 0.223. The van der Waals surface area contributed by atoms with Gasteiger partial charge in [-0.25, -0.2) is 4.79 Å². The van der Waals surface area contributed by atoms with Gasteiger partial charge in [0.05, 0.1) is 6.61 Å². The van der Waals surface area contributed by atoms with Crippen molar-refractivity contribution in [3.05, 3.63) is 58.6 Å². The van der Waals surface area contributed by atoms with E-state index in [1.165, 1.54) is 0 Å². The molecule has 7 heteroatoms. The summed E-state index contributed by atoms with van der Waals surface area (Å²) in [5.74, 6) is -0.446. The number of benzene rings is 2. The zero-order chi connectivity index (χ0) is 19.6. The second-order valence-corrected chi connectivity index (χ2v) is 6.11. The monoisotopic (exact) mass is 392 g/mol. The van der Waals surface area contributed by atoms with Crippen LogP contribution in [0.1, 0.15) is 24.5 Å². The average molecular weight is 393 g/mol. The molecule has 0 radical (unpaired) electrons. The van der Waals surface area contributed by atoms with E-state index in [0.717, 1.165) is 11.1 Å². The van der Waals surface area contributed by atoms with Gasteiger partial charge in [0.15, 0.2) is 6.61 Å². The molecule has 144 valence electrons. The molecule has 0 bridgehead atoms. The molecular weight excluding hydrogens is 372 g/mol. The molecule has 6 nitrogen and oxygen atoms in total. The predicted octanol–water partition coefficient (Wildman–Crippen LogP) is 3.88. The van der Waals surface area contributed by atoms with E-state index >= 15 is 0 Å². The van der Waals surface area contributed by atoms with Crippen LogP contribution in [-0.4, -0.2) is 30.3 Å². The molecule has 0 aliphatic heterocycles. The molecule has 0 aromatic heterocycles. The van der Waals surface area contributed by atoms with E-state index in [1.54, 1.807) is 37.3 Å². The summed E-state index contributed by atoms with van der Waals surface area (Å²) in [6, 6.07) is 12.3. The highest BCUT2D eigenvalue weighted by Gasteiger charge is 2.11. The zero-order valence-corrected chi connectivity index (χ0v) is 15.7. The Bertz CT molecular complexity index is 773. The minimum atomic E-state index is -1.06. The van der Waals surface area contributed by atoms with E-state index in [0.29, 0.717) is 36.2 Å². The third-order valence-electron chi connectivity index (χ3n) is 3.61. The molecule has 0 saturated carbocycles. The third-order valence-corrected chi connectivity index (χ3v) is 3.86. The summed E-state index contributed by atoms with van der Waals surface area (Å²) < 4.78 is 16.0. The lowest BCUT2D eigenvalue weighted by molar-refractivity contribution is -0.143. The van der Waals surface area contributed by atoms with Crippen LogP contribution < -0.4 is 9.47 Å². The number of rotatable bonds is 10. The zero-order valence-electron chi connectivity index (χ0n) is 14.9. The van der Waals surface area contributed by atoms with Gasteiger partial charge in [0.1, 0.15) is 18.1 Å². The molecule has 0 unspecified atom stereocenters. The van der Waals surface area contributed by atoms with Crippen LogP contribution in [0.4, 0.5) is 0 Å². The van der Waals surface area contributed by atoms with Crippen molar-refractivity contribution in [1.82, 2.24) is 0 Å². The summed E-state index contributed by atoms with van der Waals surface area (Å²) in [5, 5.41) is 9.39. The van der Waals surface area contributed by atoms with Crippen molar-refractivity contribution >= 4 is 23.5 Å². The molecule has 1 N–H and O–H groups in total. The molecule has 2 aromatic carbocycles. The van der Waals surface area contributed by atoms with Crippen molar-refractivity contribution in [3.63, 3.8) is 0 Å². The molecule has 0 heterocycles. The predicted molar refractivity (Wildman–Crippen MR) is 100 cm³/mol.